The molecule has 0 bridgehead atoms. The predicted octanol–water partition coefficient (Wildman–Crippen LogP) is 4.04. The summed E-state index contributed by atoms with van der Waals surface area (Å²) in [5, 5.41) is 16.9. The summed E-state index contributed by atoms with van der Waals surface area (Å²) in [6, 6.07) is 8.39. The number of fused-ring (bicyclic) bond motifs is 1. The van der Waals surface area contributed by atoms with Crippen LogP contribution in [0.5, 0.6) is 0 Å². The topological polar surface area (TPSA) is 86.0 Å². The number of urea groups is 1. The van der Waals surface area contributed by atoms with Crippen LogP contribution in [0.2, 0.25) is 0 Å². The van der Waals surface area contributed by atoms with Crippen LogP contribution >= 0.6 is 38.5 Å². The Morgan fingerprint density at radius 3 is 2.94 bits per heavy atom. The first-order valence-corrected chi connectivity index (χ1v) is 12.2. The second-order valence-corrected chi connectivity index (χ2v) is 10.0. The highest BCUT2D eigenvalue weighted by Crippen LogP contribution is 2.38. The molecule has 2 saturated heterocycles. The molecular weight excluding hydrogens is 575 g/mol. The molecule has 10 heteroatoms. The third-order valence-electron chi connectivity index (χ3n) is 5.91. The van der Waals surface area contributed by atoms with Gasteiger partial charge in [-0.2, -0.15) is 5.10 Å². The number of carbonyl (C=O) groups excluding carboxylic acids is 1. The maximum absolute atomic E-state index is 12.6. The lowest BCUT2D eigenvalue weighted by Gasteiger charge is -2.27. The number of nitrogens with zero attached hydrogens (tertiary/aromatic N) is 5. The van der Waals surface area contributed by atoms with Crippen LogP contribution in [0.4, 0.5) is 16.3 Å². The van der Waals surface area contributed by atoms with Crippen LogP contribution in [0, 0.1) is 3.57 Å². The molecule has 2 aliphatic rings. The van der Waals surface area contributed by atoms with E-state index in [0.29, 0.717) is 30.8 Å². The molecule has 2 N–H and O–H groups in total. The van der Waals surface area contributed by atoms with Crippen molar-refractivity contribution in [1.82, 2.24) is 19.5 Å². The average molecular weight is 597 g/mol. The van der Waals surface area contributed by atoms with E-state index in [-0.39, 0.29) is 12.1 Å². The molecule has 2 atom stereocenters. The molecule has 2 amide bonds. The molecular formula is C21H22BrIN6O2. The fourth-order valence-electron chi connectivity index (χ4n) is 4.36. The molecule has 0 aliphatic carbocycles. The minimum atomic E-state index is -0.452. The number of benzene rings is 1. The van der Waals surface area contributed by atoms with Crippen molar-refractivity contribution in [3.8, 4) is 0 Å². The van der Waals surface area contributed by atoms with Gasteiger partial charge in [0.05, 0.1) is 18.3 Å². The van der Waals surface area contributed by atoms with Crippen molar-refractivity contribution in [2.75, 3.05) is 29.9 Å². The fraction of sp³-hybridized carbons (Fsp3) is 0.381. The number of aliphatic hydroxyl groups is 1. The monoisotopic (exact) mass is 596 g/mol. The van der Waals surface area contributed by atoms with Crippen molar-refractivity contribution in [2.24, 2.45) is 0 Å². The van der Waals surface area contributed by atoms with E-state index in [2.05, 4.69) is 72.0 Å². The number of amides is 2. The van der Waals surface area contributed by atoms with E-state index in [9.17, 15) is 9.90 Å². The number of halogens is 2. The molecule has 2 aromatic heterocycles. The zero-order chi connectivity index (χ0) is 21.5. The van der Waals surface area contributed by atoms with Crippen LogP contribution in [-0.4, -0.2) is 56.4 Å². The number of hydrogen-bond donors (Lipinski definition) is 2. The van der Waals surface area contributed by atoms with E-state index in [4.69, 9.17) is 4.98 Å². The number of rotatable bonds is 3. The van der Waals surface area contributed by atoms with E-state index in [1.807, 2.05) is 12.3 Å². The van der Waals surface area contributed by atoms with Crippen molar-refractivity contribution in [1.29, 1.82) is 0 Å². The molecule has 1 unspecified atom stereocenters. The average Bonchev–Trinajstić information content (AvgIpc) is 3.49. The Hall–Kier alpha value is -1.92. The highest BCUT2D eigenvalue weighted by molar-refractivity contribution is 14.1. The second kappa shape index (κ2) is 8.55. The van der Waals surface area contributed by atoms with E-state index >= 15 is 0 Å². The van der Waals surface area contributed by atoms with Crippen LogP contribution in [0.15, 0.2) is 41.1 Å². The van der Waals surface area contributed by atoms with Gasteiger partial charge in [-0.3, -0.25) is 0 Å². The standard InChI is InChI=1S/C21H22BrIN6O2/c22-13-3-4-16(23)15(10-13)18-2-1-7-28(18)19-6-9-29-20(26-19)17(11-24-29)25-21(31)27-8-5-14(30)12-27/h3-4,6,9-11,14,18,30H,1-2,5,7-8,12H2,(H,25,31)/t14-,18?/m0/s1. The van der Waals surface area contributed by atoms with Gasteiger partial charge < -0.3 is 20.2 Å². The van der Waals surface area contributed by atoms with Gasteiger partial charge in [-0.05, 0) is 71.7 Å². The lowest BCUT2D eigenvalue weighted by Crippen LogP contribution is -2.33. The first kappa shape index (κ1) is 21.0. The van der Waals surface area contributed by atoms with Crippen LogP contribution in [-0.2, 0) is 0 Å². The summed E-state index contributed by atoms with van der Waals surface area (Å²) in [6.07, 6.45) is 5.82. The molecule has 0 radical (unpaired) electrons. The van der Waals surface area contributed by atoms with E-state index in [1.165, 1.54) is 9.13 Å². The van der Waals surface area contributed by atoms with Gasteiger partial charge in [0.2, 0.25) is 0 Å². The third kappa shape index (κ3) is 4.12. The number of likely N-dealkylation sites (tertiary alicyclic amines) is 1. The lowest BCUT2D eigenvalue weighted by atomic mass is 10.0. The second-order valence-electron chi connectivity index (χ2n) is 7.95. The fourth-order valence-corrected chi connectivity index (χ4v) is 5.44. The number of aliphatic hydroxyl groups excluding tert-OH is 1. The number of β-amino-alcohol motifs (C(OH)–C–C–N with tert-alkyl or cyclic N) is 1. The van der Waals surface area contributed by atoms with Gasteiger partial charge in [0.25, 0.3) is 0 Å². The molecule has 5 rings (SSSR count). The van der Waals surface area contributed by atoms with Gasteiger partial charge in [0.1, 0.15) is 11.5 Å². The van der Waals surface area contributed by atoms with Crippen molar-refractivity contribution in [3.05, 3.63) is 50.3 Å². The minimum absolute atomic E-state index is 0.235. The predicted molar refractivity (Wildman–Crippen MR) is 130 cm³/mol. The van der Waals surface area contributed by atoms with Crippen LogP contribution in [0.1, 0.15) is 30.9 Å². The molecule has 3 aromatic rings. The Labute approximate surface area is 201 Å². The normalized spacial score (nSPS) is 21.3. The Balaban J connectivity index is 1.43. The minimum Gasteiger partial charge on any atom is -0.391 e. The molecule has 2 fully saturated rings. The molecule has 31 heavy (non-hydrogen) atoms. The molecule has 2 aliphatic heterocycles. The number of carbonyl (C=O) groups is 1. The maximum Gasteiger partial charge on any atom is 0.322 e. The van der Waals surface area contributed by atoms with Gasteiger partial charge in [-0.25, -0.2) is 14.3 Å². The summed E-state index contributed by atoms with van der Waals surface area (Å²) in [4.78, 5) is 21.4. The van der Waals surface area contributed by atoms with Crippen LogP contribution in [0.3, 0.4) is 0 Å². The molecule has 4 heterocycles. The highest BCUT2D eigenvalue weighted by Gasteiger charge is 2.30. The zero-order valence-corrected chi connectivity index (χ0v) is 20.5. The Morgan fingerprint density at radius 2 is 2.13 bits per heavy atom. The van der Waals surface area contributed by atoms with Gasteiger partial charge in [0.15, 0.2) is 5.65 Å². The third-order valence-corrected chi connectivity index (χ3v) is 7.39. The van der Waals surface area contributed by atoms with E-state index in [1.54, 1.807) is 15.6 Å². The smallest absolute Gasteiger partial charge is 0.322 e. The van der Waals surface area contributed by atoms with E-state index < -0.39 is 6.10 Å². The highest BCUT2D eigenvalue weighted by atomic mass is 127. The molecule has 162 valence electrons. The van der Waals surface area contributed by atoms with Crippen molar-refractivity contribution in [3.63, 3.8) is 0 Å². The lowest BCUT2D eigenvalue weighted by molar-refractivity contribution is 0.176. The van der Waals surface area contributed by atoms with Gasteiger partial charge in [0, 0.05) is 33.9 Å². The van der Waals surface area contributed by atoms with Gasteiger partial charge in [-0.15, -0.1) is 0 Å². The summed E-state index contributed by atoms with van der Waals surface area (Å²) in [5.74, 6) is 0.873. The maximum atomic E-state index is 12.6. The Bertz CT molecular complexity index is 1140. The van der Waals surface area contributed by atoms with Crippen LogP contribution in [0.25, 0.3) is 5.65 Å². The number of hydrogen-bond acceptors (Lipinski definition) is 5. The van der Waals surface area contributed by atoms with Gasteiger partial charge >= 0.3 is 6.03 Å². The summed E-state index contributed by atoms with van der Waals surface area (Å²) in [7, 11) is 0. The first-order chi connectivity index (χ1) is 15.0. The summed E-state index contributed by atoms with van der Waals surface area (Å²) >= 11 is 6.00. The number of nitrogens with one attached hydrogen (secondary N) is 1. The molecule has 1 aromatic carbocycles. The van der Waals surface area contributed by atoms with Crippen molar-refractivity contribution >= 4 is 61.7 Å². The summed E-state index contributed by atoms with van der Waals surface area (Å²) in [6.45, 7) is 1.83. The molecule has 0 spiro atoms. The Morgan fingerprint density at radius 1 is 1.26 bits per heavy atom. The Kier molecular flexibility index (Phi) is 5.78. The van der Waals surface area contributed by atoms with Crippen molar-refractivity contribution in [2.45, 2.75) is 31.4 Å². The number of anilines is 2. The first-order valence-electron chi connectivity index (χ1n) is 10.3. The van der Waals surface area contributed by atoms with Gasteiger partial charge in [-0.1, -0.05) is 15.9 Å². The summed E-state index contributed by atoms with van der Waals surface area (Å²) in [5.41, 5.74) is 2.48. The van der Waals surface area contributed by atoms with Crippen LogP contribution < -0.4 is 10.2 Å². The van der Waals surface area contributed by atoms with Crippen molar-refractivity contribution < 1.29 is 9.90 Å². The zero-order valence-electron chi connectivity index (χ0n) is 16.7. The largest absolute Gasteiger partial charge is 0.391 e. The SMILES string of the molecule is O=C(Nc1cnn2ccc(N3CCCC3c3cc(Br)ccc3I)nc12)N1CC[C@H](O)C1. The molecule has 8 nitrogen and oxygen atoms in total. The number of aromatic nitrogens is 3. The van der Waals surface area contributed by atoms with E-state index in [0.717, 1.165) is 29.7 Å². The molecule has 0 saturated carbocycles. The summed E-state index contributed by atoms with van der Waals surface area (Å²) < 4.78 is 3.99. The quantitative estimate of drug-likeness (QED) is 0.446.